The molecule has 0 fully saturated rings. The average Bonchev–Trinajstić information content (AvgIpc) is 2.35. The Bertz CT molecular complexity index is 221. The maximum absolute atomic E-state index is 11.5. The van der Waals surface area contributed by atoms with E-state index in [1.165, 1.54) is 0 Å². The van der Waals surface area contributed by atoms with Crippen LogP contribution in [0, 0.1) is 0 Å². The minimum Gasteiger partial charge on any atom is -0.466 e. The lowest BCUT2D eigenvalue weighted by atomic mass is 10.1. The van der Waals surface area contributed by atoms with Crippen LogP contribution in [0.4, 0.5) is 0 Å². The number of carbonyl (C=O) groups is 2. The first-order chi connectivity index (χ1) is 8.74. The molecule has 0 rings (SSSR count). The summed E-state index contributed by atoms with van der Waals surface area (Å²) < 4.78 is 9.93. The van der Waals surface area contributed by atoms with Gasteiger partial charge in [-0.05, 0) is 32.2 Å². The Morgan fingerprint density at radius 1 is 1.28 bits per heavy atom. The molecule has 0 amide bonds. The lowest BCUT2D eigenvalue weighted by molar-refractivity contribution is -0.149. The first-order valence-electron chi connectivity index (χ1n) is 6.69. The number of rotatable bonds is 12. The highest BCUT2D eigenvalue weighted by Crippen LogP contribution is 2.09. The van der Waals surface area contributed by atoms with Crippen molar-refractivity contribution in [3.63, 3.8) is 0 Å². The van der Waals surface area contributed by atoms with Crippen molar-refractivity contribution in [3.05, 3.63) is 0 Å². The van der Waals surface area contributed by atoms with E-state index in [0.717, 1.165) is 32.1 Å². The lowest BCUT2D eigenvalue weighted by Crippen LogP contribution is -2.19. The molecule has 106 valence electrons. The van der Waals surface area contributed by atoms with Crippen molar-refractivity contribution in [1.82, 2.24) is 0 Å². The summed E-state index contributed by atoms with van der Waals surface area (Å²) in [5, 5.41) is 0. The first-order valence-corrected chi connectivity index (χ1v) is 6.69. The van der Waals surface area contributed by atoms with Crippen LogP contribution in [0.1, 0.15) is 51.9 Å². The Morgan fingerprint density at radius 2 is 2.06 bits per heavy atom. The molecule has 0 bridgehead atoms. The molecule has 0 saturated carbocycles. The van der Waals surface area contributed by atoms with Crippen LogP contribution in [0.2, 0.25) is 0 Å². The second-order valence-electron chi connectivity index (χ2n) is 4.27. The van der Waals surface area contributed by atoms with Crippen molar-refractivity contribution in [2.75, 3.05) is 13.2 Å². The number of ether oxygens (including phenoxy) is 2. The molecule has 5 heteroatoms. The average molecular weight is 259 g/mol. The summed E-state index contributed by atoms with van der Waals surface area (Å²) in [6, 6.07) is 0. The van der Waals surface area contributed by atoms with Gasteiger partial charge in [0.05, 0.1) is 13.0 Å². The van der Waals surface area contributed by atoms with E-state index in [9.17, 15) is 9.59 Å². The highest BCUT2D eigenvalue weighted by molar-refractivity contribution is 5.70. The normalized spacial score (nSPS) is 11.9. The fraction of sp³-hybridized carbons (Fsp3) is 0.846. The maximum Gasteiger partial charge on any atom is 0.309 e. The smallest absolute Gasteiger partial charge is 0.309 e. The van der Waals surface area contributed by atoms with E-state index in [4.69, 9.17) is 15.2 Å². The highest BCUT2D eigenvalue weighted by atomic mass is 16.5. The Hall–Kier alpha value is -1.10. The zero-order chi connectivity index (χ0) is 13.6. The van der Waals surface area contributed by atoms with Gasteiger partial charge in [-0.15, -0.1) is 0 Å². The fourth-order valence-corrected chi connectivity index (χ4v) is 1.60. The standard InChI is InChI=1S/C13H25NO4/c1-2-3-6-9-17-13(16)10-12(18-11-15)7-4-5-8-14/h11-12H,2-10,14H2,1H3. The molecule has 0 radical (unpaired) electrons. The van der Waals surface area contributed by atoms with Crippen molar-refractivity contribution in [2.24, 2.45) is 5.73 Å². The van der Waals surface area contributed by atoms with Crippen molar-refractivity contribution in [2.45, 2.75) is 58.0 Å². The molecule has 0 saturated heterocycles. The van der Waals surface area contributed by atoms with Gasteiger partial charge in [0.2, 0.25) is 0 Å². The summed E-state index contributed by atoms with van der Waals surface area (Å²) in [6.07, 6.45) is 5.14. The third-order valence-electron chi connectivity index (χ3n) is 2.63. The van der Waals surface area contributed by atoms with Crippen LogP contribution in [0.5, 0.6) is 0 Å². The van der Waals surface area contributed by atoms with E-state index in [-0.39, 0.29) is 18.5 Å². The summed E-state index contributed by atoms with van der Waals surface area (Å²) in [4.78, 5) is 21.8. The Labute approximate surface area is 109 Å². The number of hydrogen-bond acceptors (Lipinski definition) is 5. The largest absolute Gasteiger partial charge is 0.466 e. The molecule has 0 aromatic rings. The zero-order valence-corrected chi connectivity index (χ0v) is 11.2. The Morgan fingerprint density at radius 3 is 2.67 bits per heavy atom. The molecule has 0 aliphatic carbocycles. The fourth-order valence-electron chi connectivity index (χ4n) is 1.60. The van der Waals surface area contributed by atoms with E-state index < -0.39 is 0 Å². The van der Waals surface area contributed by atoms with Gasteiger partial charge in [-0.3, -0.25) is 9.59 Å². The topological polar surface area (TPSA) is 78.6 Å². The van der Waals surface area contributed by atoms with Crippen LogP contribution in [0.15, 0.2) is 0 Å². The van der Waals surface area contributed by atoms with Crippen molar-refractivity contribution in [3.8, 4) is 0 Å². The second-order valence-corrected chi connectivity index (χ2v) is 4.27. The monoisotopic (exact) mass is 259 g/mol. The third-order valence-corrected chi connectivity index (χ3v) is 2.63. The first kappa shape index (κ1) is 16.9. The molecule has 5 nitrogen and oxygen atoms in total. The molecule has 1 atom stereocenters. The highest BCUT2D eigenvalue weighted by Gasteiger charge is 2.15. The molecule has 0 aliphatic rings. The third kappa shape index (κ3) is 10.1. The molecule has 0 aromatic carbocycles. The summed E-state index contributed by atoms with van der Waals surface area (Å²) in [6.45, 7) is 3.53. The molecule has 2 N–H and O–H groups in total. The minimum atomic E-state index is -0.382. The van der Waals surface area contributed by atoms with Gasteiger partial charge >= 0.3 is 5.97 Å². The molecule has 0 aliphatic heterocycles. The predicted molar refractivity (Wildman–Crippen MR) is 68.9 cm³/mol. The van der Waals surface area contributed by atoms with Crippen LogP contribution in [0.25, 0.3) is 0 Å². The number of esters is 1. The summed E-state index contributed by atoms with van der Waals surface area (Å²) in [5.41, 5.74) is 5.38. The van der Waals surface area contributed by atoms with E-state index in [1.54, 1.807) is 0 Å². The van der Waals surface area contributed by atoms with E-state index >= 15 is 0 Å². The van der Waals surface area contributed by atoms with Crippen LogP contribution in [-0.4, -0.2) is 31.7 Å². The Balaban J connectivity index is 3.76. The van der Waals surface area contributed by atoms with Gasteiger partial charge in [0.25, 0.3) is 6.47 Å². The van der Waals surface area contributed by atoms with Gasteiger partial charge in [0.15, 0.2) is 0 Å². The van der Waals surface area contributed by atoms with Gasteiger partial charge in [-0.25, -0.2) is 0 Å². The SMILES string of the molecule is CCCCCOC(=O)CC(CCCCN)OC=O. The van der Waals surface area contributed by atoms with Gasteiger partial charge in [0, 0.05) is 0 Å². The summed E-state index contributed by atoms with van der Waals surface area (Å²) in [5.74, 6) is -0.300. The molecule has 0 heterocycles. The van der Waals surface area contributed by atoms with Crippen molar-refractivity contribution >= 4 is 12.4 Å². The number of unbranched alkanes of at least 4 members (excludes halogenated alkanes) is 3. The quantitative estimate of drug-likeness (QED) is 0.328. The zero-order valence-electron chi connectivity index (χ0n) is 11.2. The molecule has 0 spiro atoms. The Kier molecular flexibility index (Phi) is 11.6. The lowest BCUT2D eigenvalue weighted by Gasteiger charge is -2.14. The predicted octanol–water partition coefficient (Wildman–Crippen LogP) is 1.78. The summed E-state index contributed by atoms with van der Waals surface area (Å²) >= 11 is 0. The van der Waals surface area contributed by atoms with Crippen molar-refractivity contribution in [1.29, 1.82) is 0 Å². The molecular formula is C13H25NO4. The van der Waals surface area contributed by atoms with Crippen LogP contribution >= 0.6 is 0 Å². The van der Waals surface area contributed by atoms with Crippen molar-refractivity contribution < 1.29 is 19.1 Å². The maximum atomic E-state index is 11.5. The number of carbonyl (C=O) groups excluding carboxylic acids is 2. The van der Waals surface area contributed by atoms with Gasteiger partial charge in [-0.1, -0.05) is 19.8 Å². The van der Waals surface area contributed by atoms with E-state index in [1.807, 2.05) is 0 Å². The second kappa shape index (κ2) is 12.4. The van der Waals surface area contributed by atoms with Gasteiger partial charge in [-0.2, -0.15) is 0 Å². The van der Waals surface area contributed by atoms with E-state index in [0.29, 0.717) is 26.0 Å². The van der Waals surface area contributed by atoms with Crippen LogP contribution < -0.4 is 5.73 Å². The minimum absolute atomic E-state index is 0.134. The van der Waals surface area contributed by atoms with Gasteiger partial charge in [0.1, 0.15) is 6.10 Å². The van der Waals surface area contributed by atoms with E-state index in [2.05, 4.69) is 6.92 Å². The molecule has 1 unspecified atom stereocenters. The molecular weight excluding hydrogens is 234 g/mol. The number of nitrogens with two attached hydrogens (primary N) is 1. The van der Waals surface area contributed by atoms with Gasteiger partial charge < -0.3 is 15.2 Å². The van der Waals surface area contributed by atoms with Crippen LogP contribution in [-0.2, 0) is 19.1 Å². The molecule has 18 heavy (non-hydrogen) atoms. The molecule has 0 aromatic heterocycles. The summed E-state index contributed by atoms with van der Waals surface area (Å²) in [7, 11) is 0. The van der Waals surface area contributed by atoms with Crippen LogP contribution in [0.3, 0.4) is 0 Å². The number of hydrogen-bond donors (Lipinski definition) is 1.